The molecule has 102 valence electrons. The normalized spacial score (nSPS) is 12.5. The summed E-state index contributed by atoms with van der Waals surface area (Å²) in [6.07, 6.45) is 2.71. The van der Waals surface area contributed by atoms with Crippen molar-refractivity contribution < 1.29 is 4.79 Å². The van der Waals surface area contributed by atoms with Crippen LogP contribution < -0.4 is 11.1 Å². The molecule has 1 heterocycles. The molecule has 0 aromatic carbocycles. The second-order valence-electron chi connectivity index (χ2n) is 4.38. The van der Waals surface area contributed by atoms with Crippen LogP contribution in [-0.2, 0) is 18.4 Å². The zero-order valence-corrected chi connectivity index (χ0v) is 12.3. The fourth-order valence-corrected chi connectivity index (χ4v) is 2.25. The van der Waals surface area contributed by atoms with Gasteiger partial charge in [0.2, 0.25) is 5.91 Å². The van der Waals surface area contributed by atoms with Crippen molar-refractivity contribution in [1.29, 1.82) is 0 Å². The highest BCUT2D eigenvalue weighted by Crippen LogP contribution is 2.11. The summed E-state index contributed by atoms with van der Waals surface area (Å²) in [4.78, 5) is 11.8. The van der Waals surface area contributed by atoms with E-state index in [2.05, 4.69) is 10.4 Å². The number of nitrogens with one attached hydrogen (secondary N) is 1. The number of carbonyl (C=O) groups excluding carboxylic acids is 1. The van der Waals surface area contributed by atoms with Gasteiger partial charge in [-0.05, 0) is 32.3 Å². The second kappa shape index (κ2) is 6.80. The van der Waals surface area contributed by atoms with Crippen molar-refractivity contribution in [2.75, 3.05) is 12.0 Å². The average molecular weight is 270 g/mol. The lowest BCUT2D eigenvalue weighted by Crippen LogP contribution is -2.40. The molecule has 0 aliphatic carbocycles. The van der Waals surface area contributed by atoms with E-state index in [9.17, 15) is 4.79 Å². The molecular weight excluding hydrogens is 248 g/mol. The van der Waals surface area contributed by atoms with Crippen LogP contribution in [0.5, 0.6) is 0 Å². The van der Waals surface area contributed by atoms with Crippen LogP contribution in [0, 0.1) is 13.8 Å². The van der Waals surface area contributed by atoms with Crippen molar-refractivity contribution in [1.82, 2.24) is 15.1 Å². The number of aryl methyl sites for hydroxylation is 2. The minimum Gasteiger partial charge on any atom is -0.351 e. The highest BCUT2D eigenvalue weighted by atomic mass is 32.2. The zero-order valence-electron chi connectivity index (χ0n) is 11.5. The summed E-state index contributed by atoms with van der Waals surface area (Å²) < 4.78 is 1.82. The molecule has 3 N–H and O–H groups in total. The Hall–Kier alpha value is -1.01. The highest BCUT2D eigenvalue weighted by Gasteiger charge is 2.15. The number of amides is 1. The summed E-state index contributed by atoms with van der Waals surface area (Å²) in [6.45, 7) is 4.44. The molecule has 0 spiro atoms. The third-order valence-electron chi connectivity index (χ3n) is 3.07. The maximum Gasteiger partial charge on any atom is 0.237 e. The van der Waals surface area contributed by atoms with Crippen molar-refractivity contribution in [3.05, 3.63) is 17.0 Å². The Morgan fingerprint density at radius 2 is 2.22 bits per heavy atom. The van der Waals surface area contributed by atoms with E-state index in [0.29, 0.717) is 13.0 Å². The van der Waals surface area contributed by atoms with Gasteiger partial charge in [-0.3, -0.25) is 9.48 Å². The van der Waals surface area contributed by atoms with Gasteiger partial charge in [0.1, 0.15) is 0 Å². The summed E-state index contributed by atoms with van der Waals surface area (Å²) in [5.74, 6) is 0.811. The Morgan fingerprint density at radius 3 is 2.72 bits per heavy atom. The van der Waals surface area contributed by atoms with Crippen molar-refractivity contribution in [3.8, 4) is 0 Å². The predicted molar refractivity (Wildman–Crippen MR) is 75.5 cm³/mol. The number of carbonyl (C=O) groups is 1. The molecule has 1 rings (SSSR count). The number of aromatic nitrogens is 2. The van der Waals surface area contributed by atoms with Gasteiger partial charge in [0.05, 0.1) is 11.7 Å². The molecule has 0 saturated carbocycles. The summed E-state index contributed by atoms with van der Waals surface area (Å²) in [5.41, 5.74) is 8.90. The van der Waals surface area contributed by atoms with Crippen LogP contribution in [0.4, 0.5) is 0 Å². The van der Waals surface area contributed by atoms with Gasteiger partial charge in [0.15, 0.2) is 0 Å². The Labute approximate surface area is 112 Å². The first-order valence-corrected chi connectivity index (χ1v) is 7.38. The standard InChI is InChI=1S/C12H22N4OS/c1-8-10(9(2)16(3)15-8)7-14-12(17)11(13)5-6-18-4/h11H,5-7,13H2,1-4H3,(H,14,17)/t11-/m0/s1. The SMILES string of the molecule is CSCC[C@H](N)C(=O)NCc1c(C)nn(C)c1C. The molecule has 0 fully saturated rings. The molecule has 0 saturated heterocycles. The van der Waals surface area contributed by atoms with Crippen molar-refractivity contribution >= 4 is 17.7 Å². The van der Waals surface area contributed by atoms with Crippen LogP contribution in [0.1, 0.15) is 23.4 Å². The van der Waals surface area contributed by atoms with Crippen molar-refractivity contribution in [2.45, 2.75) is 32.9 Å². The Balaban J connectivity index is 2.52. The second-order valence-corrected chi connectivity index (χ2v) is 5.36. The predicted octanol–water partition coefficient (Wildman–Crippen LogP) is 0.734. The van der Waals surface area contributed by atoms with Crippen LogP contribution in [0.15, 0.2) is 0 Å². The molecule has 0 unspecified atom stereocenters. The van der Waals surface area contributed by atoms with E-state index in [0.717, 1.165) is 22.7 Å². The molecular formula is C12H22N4OS. The number of nitrogens with two attached hydrogens (primary N) is 1. The van der Waals surface area contributed by atoms with Crippen LogP contribution in [0.25, 0.3) is 0 Å². The lowest BCUT2D eigenvalue weighted by atomic mass is 10.2. The number of hydrogen-bond acceptors (Lipinski definition) is 4. The van der Waals surface area contributed by atoms with E-state index in [-0.39, 0.29) is 5.91 Å². The molecule has 0 bridgehead atoms. The van der Waals surface area contributed by atoms with Gasteiger partial charge in [0, 0.05) is 24.8 Å². The molecule has 5 nitrogen and oxygen atoms in total. The minimum absolute atomic E-state index is 0.0910. The van der Waals surface area contributed by atoms with Gasteiger partial charge in [-0.1, -0.05) is 0 Å². The lowest BCUT2D eigenvalue weighted by Gasteiger charge is -2.11. The molecule has 1 amide bonds. The monoisotopic (exact) mass is 270 g/mol. The summed E-state index contributed by atoms with van der Waals surface area (Å²) in [5, 5.41) is 7.19. The van der Waals surface area contributed by atoms with Crippen LogP contribution in [0.2, 0.25) is 0 Å². The van der Waals surface area contributed by atoms with Crippen molar-refractivity contribution in [2.24, 2.45) is 12.8 Å². The van der Waals surface area contributed by atoms with E-state index in [1.54, 1.807) is 11.8 Å². The van der Waals surface area contributed by atoms with Crippen LogP contribution in [0.3, 0.4) is 0 Å². The maximum absolute atomic E-state index is 11.8. The van der Waals surface area contributed by atoms with E-state index >= 15 is 0 Å². The van der Waals surface area contributed by atoms with E-state index < -0.39 is 6.04 Å². The molecule has 1 aromatic rings. The van der Waals surface area contributed by atoms with Gasteiger partial charge in [-0.25, -0.2) is 0 Å². The van der Waals surface area contributed by atoms with Gasteiger partial charge in [-0.15, -0.1) is 0 Å². The van der Waals surface area contributed by atoms with Crippen molar-refractivity contribution in [3.63, 3.8) is 0 Å². The lowest BCUT2D eigenvalue weighted by molar-refractivity contribution is -0.122. The highest BCUT2D eigenvalue weighted by molar-refractivity contribution is 7.98. The quantitative estimate of drug-likeness (QED) is 0.799. The first kappa shape index (κ1) is 15.0. The number of thioether (sulfide) groups is 1. The Kier molecular flexibility index (Phi) is 5.68. The largest absolute Gasteiger partial charge is 0.351 e. The fraction of sp³-hybridized carbons (Fsp3) is 0.667. The number of hydrogen-bond donors (Lipinski definition) is 2. The first-order chi connectivity index (χ1) is 8.47. The number of rotatable bonds is 6. The fourth-order valence-electron chi connectivity index (χ4n) is 1.76. The maximum atomic E-state index is 11.8. The third-order valence-corrected chi connectivity index (χ3v) is 3.71. The average Bonchev–Trinajstić information content (AvgIpc) is 2.58. The minimum atomic E-state index is -0.422. The number of nitrogens with zero attached hydrogens (tertiary/aromatic N) is 2. The summed E-state index contributed by atoms with van der Waals surface area (Å²) in [6, 6.07) is -0.422. The molecule has 6 heteroatoms. The van der Waals surface area contributed by atoms with Gasteiger partial charge in [0.25, 0.3) is 0 Å². The van der Waals surface area contributed by atoms with Gasteiger partial charge < -0.3 is 11.1 Å². The van der Waals surface area contributed by atoms with Gasteiger partial charge in [-0.2, -0.15) is 16.9 Å². The molecule has 0 aliphatic heterocycles. The Bertz CT molecular complexity index is 416. The summed E-state index contributed by atoms with van der Waals surface area (Å²) in [7, 11) is 1.90. The molecule has 18 heavy (non-hydrogen) atoms. The Morgan fingerprint density at radius 1 is 1.56 bits per heavy atom. The van der Waals surface area contributed by atoms with E-state index in [1.807, 2.05) is 31.8 Å². The first-order valence-electron chi connectivity index (χ1n) is 5.98. The topological polar surface area (TPSA) is 72.9 Å². The van der Waals surface area contributed by atoms with E-state index in [1.165, 1.54) is 0 Å². The smallest absolute Gasteiger partial charge is 0.237 e. The molecule has 1 atom stereocenters. The van der Waals surface area contributed by atoms with E-state index in [4.69, 9.17) is 5.73 Å². The van der Waals surface area contributed by atoms with Gasteiger partial charge >= 0.3 is 0 Å². The summed E-state index contributed by atoms with van der Waals surface area (Å²) >= 11 is 1.70. The third kappa shape index (κ3) is 3.74. The molecule has 1 aromatic heterocycles. The molecule has 0 aliphatic rings. The van der Waals surface area contributed by atoms with Crippen LogP contribution >= 0.6 is 11.8 Å². The molecule has 0 radical (unpaired) electrons. The van der Waals surface area contributed by atoms with Crippen LogP contribution in [-0.4, -0.2) is 33.7 Å². The zero-order chi connectivity index (χ0) is 13.7.